The molecule has 0 atom stereocenters. The zero-order valence-corrected chi connectivity index (χ0v) is 17.8. The fraction of sp³-hybridized carbons (Fsp3) is 0.0625. The van der Waals surface area contributed by atoms with Crippen molar-refractivity contribution in [3.63, 3.8) is 0 Å². The van der Waals surface area contributed by atoms with Gasteiger partial charge in [0.25, 0.3) is 10.0 Å². The molecule has 0 fully saturated rings. The van der Waals surface area contributed by atoms with Gasteiger partial charge in [-0.1, -0.05) is 39.1 Å². The number of hydrogen-bond donors (Lipinski definition) is 1. The summed E-state index contributed by atoms with van der Waals surface area (Å²) < 4.78 is 70.8. The molecule has 0 saturated carbocycles. The van der Waals surface area contributed by atoms with Crippen LogP contribution >= 0.6 is 39.1 Å². The predicted octanol–water partition coefficient (Wildman–Crippen LogP) is 5.64. The second-order valence-electron chi connectivity index (χ2n) is 5.49. The minimum Gasteiger partial charge on any atom is -0.404 e. The molecule has 0 bridgehead atoms. The summed E-state index contributed by atoms with van der Waals surface area (Å²) in [6, 6.07) is 9.05. The van der Waals surface area contributed by atoms with Gasteiger partial charge < -0.3 is 4.74 Å². The molecule has 6 nitrogen and oxygen atoms in total. The third kappa shape index (κ3) is 5.16. The summed E-state index contributed by atoms with van der Waals surface area (Å²) in [6.07, 6.45) is -3.68. The second kappa shape index (κ2) is 8.05. The van der Waals surface area contributed by atoms with Crippen LogP contribution in [0.2, 0.25) is 10.3 Å². The average molecular weight is 531 g/mol. The van der Waals surface area contributed by atoms with Gasteiger partial charge in [0.2, 0.25) is 0 Å². The molecular weight excluding hydrogens is 522 g/mol. The van der Waals surface area contributed by atoms with Crippen molar-refractivity contribution < 1.29 is 26.3 Å². The molecule has 0 saturated heterocycles. The summed E-state index contributed by atoms with van der Waals surface area (Å²) in [6.45, 7) is 0. The van der Waals surface area contributed by atoms with Crippen molar-refractivity contribution in [2.75, 3.05) is 4.72 Å². The van der Waals surface area contributed by atoms with Gasteiger partial charge in [-0.15, -0.1) is 13.2 Å². The molecule has 0 aliphatic heterocycles. The Bertz CT molecular complexity index is 1150. The van der Waals surface area contributed by atoms with Gasteiger partial charge in [-0.3, -0.25) is 9.29 Å². The van der Waals surface area contributed by atoms with Crippen molar-refractivity contribution in [3.05, 3.63) is 63.6 Å². The van der Waals surface area contributed by atoms with Crippen LogP contribution in [0.1, 0.15) is 0 Å². The predicted molar refractivity (Wildman–Crippen MR) is 105 cm³/mol. The number of hydrogen-bond acceptors (Lipinski definition) is 4. The second-order valence-corrected chi connectivity index (χ2v) is 8.77. The Morgan fingerprint density at radius 2 is 1.76 bits per heavy atom. The Kier molecular flexibility index (Phi) is 6.04. The highest BCUT2D eigenvalue weighted by molar-refractivity contribution is 9.10. The Labute approximate surface area is 181 Å². The van der Waals surface area contributed by atoms with Crippen molar-refractivity contribution in [1.82, 2.24) is 9.55 Å². The SMILES string of the molecule is O=S(=O)(Nc1ccc(-n2cnc(Cl)c2Cl)cc1)c1ccc(Br)cc1OC(F)(F)F. The lowest BCUT2D eigenvalue weighted by molar-refractivity contribution is -0.275. The van der Waals surface area contributed by atoms with Crippen LogP contribution in [0.3, 0.4) is 0 Å². The molecule has 29 heavy (non-hydrogen) atoms. The highest BCUT2D eigenvalue weighted by atomic mass is 79.9. The number of imidazole rings is 1. The molecule has 1 N–H and O–H groups in total. The number of anilines is 1. The van der Waals surface area contributed by atoms with Crippen molar-refractivity contribution in [3.8, 4) is 11.4 Å². The molecule has 0 amide bonds. The standard InChI is InChI=1S/C16H9BrCl2F3N3O3S/c17-9-1-6-13(12(7-9)28-16(20,21)22)29(26,27)24-10-2-4-11(5-3-10)25-8-23-14(18)15(25)19/h1-8,24H. The lowest BCUT2D eigenvalue weighted by atomic mass is 10.3. The largest absolute Gasteiger partial charge is 0.573 e. The van der Waals surface area contributed by atoms with Crippen LogP contribution in [0, 0.1) is 0 Å². The van der Waals surface area contributed by atoms with E-state index in [0.29, 0.717) is 5.69 Å². The van der Waals surface area contributed by atoms with Gasteiger partial charge in [0.05, 0.1) is 0 Å². The van der Waals surface area contributed by atoms with E-state index in [4.69, 9.17) is 23.2 Å². The van der Waals surface area contributed by atoms with Gasteiger partial charge in [-0.05, 0) is 42.5 Å². The van der Waals surface area contributed by atoms with Crippen molar-refractivity contribution in [1.29, 1.82) is 0 Å². The molecule has 154 valence electrons. The summed E-state index contributed by atoms with van der Waals surface area (Å²) in [5.74, 6) is -0.865. The Morgan fingerprint density at radius 3 is 2.31 bits per heavy atom. The summed E-state index contributed by atoms with van der Waals surface area (Å²) in [5, 5.41) is 0.271. The van der Waals surface area contributed by atoms with E-state index >= 15 is 0 Å². The number of alkyl halides is 3. The monoisotopic (exact) mass is 529 g/mol. The summed E-state index contributed by atoms with van der Waals surface area (Å²) in [7, 11) is -4.38. The van der Waals surface area contributed by atoms with Crippen molar-refractivity contribution in [2.45, 2.75) is 11.3 Å². The lowest BCUT2D eigenvalue weighted by Crippen LogP contribution is -2.21. The van der Waals surface area contributed by atoms with E-state index in [-0.39, 0.29) is 20.5 Å². The highest BCUT2D eigenvalue weighted by Crippen LogP contribution is 2.33. The summed E-state index contributed by atoms with van der Waals surface area (Å²) >= 11 is 14.8. The minimum absolute atomic E-state index is 0.101. The smallest absolute Gasteiger partial charge is 0.404 e. The van der Waals surface area contributed by atoms with Crippen molar-refractivity contribution >= 4 is 54.8 Å². The van der Waals surface area contributed by atoms with Gasteiger partial charge in [0.15, 0.2) is 16.1 Å². The number of nitrogens with one attached hydrogen (secondary N) is 1. The molecule has 0 spiro atoms. The first-order chi connectivity index (χ1) is 13.5. The molecular formula is C16H9BrCl2F3N3O3S. The average Bonchev–Trinajstić information content (AvgIpc) is 2.93. The van der Waals surface area contributed by atoms with Crippen LogP contribution in [0.25, 0.3) is 5.69 Å². The molecule has 2 aromatic carbocycles. The summed E-state index contributed by atoms with van der Waals surface area (Å²) in [5.41, 5.74) is 0.652. The number of rotatable bonds is 5. The third-order valence-electron chi connectivity index (χ3n) is 3.49. The molecule has 0 radical (unpaired) electrons. The van der Waals surface area contributed by atoms with E-state index in [1.807, 2.05) is 0 Å². The maximum absolute atomic E-state index is 12.6. The normalized spacial score (nSPS) is 12.1. The molecule has 1 aromatic heterocycles. The minimum atomic E-state index is -5.06. The van der Waals surface area contributed by atoms with E-state index in [0.717, 1.165) is 12.1 Å². The summed E-state index contributed by atoms with van der Waals surface area (Å²) in [4.78, 5) is 3.16. The fourth-order valence-corrected chi connectivity index (χ4v) is 4.13. The number of benzene rings is 2. The van der Waals surface area contributed by atoms with Gasteiger partial charge >= 0.3 is 6.36 Å². The Morgan fingerprint density at radius 1 is 1.10 bits per heavy atom. The zero-order valence-electron chi connectivity index (χ0n) is 13.9. The zero-order chi connectivity index (χ0) is 21.4. The lowest BCUT2D eigenvalue weighted by Gasteiger charge is -2.15. The van der Waals surface area contributed by atoms with Crippen LogP contribution in [-0.2, 0) is 10.0 Å². The molecule has 13 heteroatoms. The van der Waals surface area contributed by atoms with Gasteiger partial charge in [0.1, 0.15) is 11.2 Å². The fourth-order valence-electron chi connectivity index (χ4n) is 2.30. The van der Waals surface area contributed by atoms with Gasteiger partial charge in [-0.2, -0.15) is 0 Å². The number of aromatic nitrogens is 2. The number of sulfonamides is 1. The first kappa shape index (κ1) is 21.8. The molecule has 3 rings (SSSR count). The maximum atomic E-state index is 12.6. The molecule has 3 aromatic rings. The first-order valence-electron chi connectivity index (χ1n) is 7.53. The van der Waals surface area contributed by atoms with E-state index < -0.39 is 27.0 Å². The van der Waals surface area contributed by atoms with Gasteiger partial charge in [-0.25, -0.2) is 13.4 Å². The highest BCUT2D eigenvalue weighted by Gasteiger charge is 2.34. The van der Waals surface area contributed by atoms with E-state index in [1.54, 1.807) is 0 Å². The van der Waals surface area contributed by atoms with E-state index in [1.165, 1.54) is 41.2 Å². The first-order valence-corrected chi connectivity index (χ1v) is 10.6. The van der Waals surface area contributed by atoms with E-state index in [2.05, 4.69) is 30.4 Å². The van der Waals surface area contributed by atoms with E-state index in [9.17, 15) is 21.6 Å². The Hall–Kier alpha value is -1.95. The molecule has 1 heterocycles. The van der Waals surface area contributed by atoms with Crippen LogP contribution in [-0.4, -0.2) is 24.3 Å². The molecule has 0 aliphatic rings. The van der Waals surface area contributed by atoms with Crippen LogP contribution in [0.4, 0.5) is 18.9 Å². The van der Waals surface area contributed by atoms with Crippen LogP contribution < -0.4 is 9.46 Å². The van der Waals surface area contributed by atoms with Crippen LogP contribution in [0.15, 0.2) is 58.2 Å². The maximum Gasteiger partial charge on any atom is 0.573 e. The van der Waals surface area contributed by atoms with Crippen molar-refractivity contribution in [2.24, 2.45) is 0 Å². The Balaban J connectivity index is 1.89. The number of nitrogens with zero attached hydrogens (tertiary/aromatic N) is 2. The van der Waals surface area contributed by atoms with Gasteiger partial charge in [0, 0.05) is 15.8 Å². The van der Waals surface area contributed by atoms with Crippen LogP contribution in [0.5, 0.6) is 5.75 Å². The quantitative estimate of drug-likeness (QED) is 0.463. The third-order valence-corrected chi connectivity index (χ3v) is 6.14. The number of ether oxygens (including phenoxy) is 1. The molecule has 0 aliphatic carbocycles. The topological polar surface area (TPSA) is 73.2 Å². The number of halogens is 6. The molecule has 0 unspecified atom stereocenters.